The molecule has 0 aliphatic heterocycles. The fourth-order valence-corrected chi connectivity index (χ4v) is 1.13. The molecule has 2 amide bonds. The molecule has 0 aliphatic rings. The van der Waals surface area contributed by atoms with Crippen LogP contribution in [0.25, 0.3) is 0 Å². The molecule has 0 unspecified atom stereocenters. The molecule has 3 N–H and O–H groups in total. The molecule has 1 aromatic rings. The number of carboxylic acid groups (broad SMARTS) is 1. The molecule has 0 bridgehead atoms. The summed E-state index contributed by atoms with van der Waals surface area (Å²) in [5.41, 5.74) is 1.81. The number of nitrogens with one attached hydrogen (secondary N) is 2. The van der Waals surface area contributed by atoms with Gasteiger partial charge in [0.2, 0.25) is 0 Å². The highest BCUT2D eigenvalue weighted by atomic mass is 16.4. The van der Waals surface area contributed by atoms with Crippen LogP contribution in [0.2, 0.25) is 0 Å². The quantitative estimate of drug-likeness (QED) is 0.701. The van der Waals surface area contributed by atoms with Crippen molar-refractivity contribution in [2.24, 2.45) is 0 Å². The number of aryl methyl sites for hydroxylation is 1. The Hall–Kier alpha value is -2.11. The van der Waals surface area contributed by atoms with Crippen molar-refractivity contribution in [3.63, 3.8) is 0 Å². The summed E-state index contributed by atoms with van der Waals surface area (Å²) in [4.78, 5) is 25.5. The van der Waals surface area contributed by atoms with Crippen LogP contribution in [0.1, 0.15) is 17.7 Å². The van der Waals surface area contributed by atoms with Crippen LogP contribution in [0, 0.1) is 6.92 Å². The van der Waals surface area contributed by atoms with Crippen LogP contribution in [0.4, 0.5) is 4.79 Å². The molecule has 0 atom stereocenters. The number of carbonyl (C=O) groups is 2. The summed E-state index contributed by atoms with van der Waals surface area (Å²) in [6.07, 6.45) is 1.60. The zero-order chi connectivity index (χ0) is 12.7. The number of hydrogen-bond acceptors (Lipinski definition) is 3. The van der Waals surface area contributed by atoms with E-state index >= 15 is 0 Å². The summed E-state index contributed by atoms with van der Waals surface area (Å²) >= 11 is 0. The van der Waals surface area contributed by atoms with E-state index in [-0.39, 0.29) is 19.0 Å². The van der Waals surface area contributed by atoms with Gasteiger partial charge in [-0.2, -0.15) is 0 Å². The van der Waals surface area contributed by atoms with Gasteiger partial charge >= 0.3 is 12.0 Å². The predicted octanol–water partition coefficient (Wildman–Crippen LogP) is 0.664. The molecule has 1 rings (SSSR count). The first kappa shape index (κ1) is 13.0. The molecule has 92 valence electrons. The highest BCUT2D eigenvalue weighted by Crippen LogP contribution is 1.98. The maximum atomic E-state index is 11.2. The van der Waals surface area contributed by atoms with Crippen molar-refractivity contribution in [3.8, 4) is 0 Å². The minimum atomic E-state index is -0.937. The minimum Gasteiger partial charge on any atom is -0.481 e. The summed E-state index contributed by atoms with van der Waals surface area (Å²) in [5.74, 6) is -0.937. The Labute approximate surface area is 99.1 Å². The SMILES string of the molecule is Cc1ccc(CNC(=O)NCCC(=O)O)cn1. The van der Waals surface area contributed by atoms with Gasteiger partial charge in [-0.05, 0) is 18.6 Å². The fraction of sp³-hybridized carbons (Fsp3) is 0.364. The molecule has 1 aromatic heterocycles. The van der Waals surface area contributed by atoms with Crippen LogP contribution in [0.15, 0.2) is 18.3 Å². The Morgan fingerprint density at radius 3 is 2.71 bits per heavy atom. The fourth-order valence-electron chi connectivity index (χ4n) is 1.13. The van der Waals surface area contributed by atoms with Crippen molar-refractivity contribution in [2.45, 2.75) is 19.9 Å². The first-order valence-corrected chi connectivity index (χ1v) is 5.23. The molecule has 0 saturated heterocycles. The molecule has 6 nitrogen and oxygen atoms in total. The molecule has 6 heteroatoms. The summed E-state index contributed by atoms with van der Waals surface area (Å²) in [7, 11) is 0. The normalized spacial score (nSPS) is 9.71. The van der Waals surface area contributed by atoms with E-state index in [1.54, 1.807) is 6.20 Å². The summed E-state index contributed by atoms with van der Waals surface area (Å²) < 4.78 is 0. The van der Waals surface area contributed by atoms with E-state index in [2.05, 4.69) is 15.6 Å². The van der Waals surface area contributed by atoms with E-state index in [1.165, 1.54) is 0 Å². The molecule has 17 heavy (non-hydrogen) atoms. The van der Waals surface area contributed by atoms with Crippen molar-refractivity contribution in [2.75, 3.05) is 6.54 Å². The third-order valence-corrected chi connectivity index (χ3v) is 2.05. The number of carboxylic acids is 1. The zero-order valence-electron chi connectivity index (χ0n) is 9.56. The summed E-state index contributed by atoms with van der Waals surface area (Å²) in [6.45, 7) is 2.37. The minimum absolute atomic E-state index is 0.0838. The average Bonchev–Trinajstić information content (AvgIpc) is 2.28. The number of nitrogens with zero attached hydrogens (tertiary/aromatic N) is 1. The van der Waals surface area contributed by atoms with Crippen molar-refractivity contribution in [3.05, 3.63) is 29.6 Å². The van der Waals surface area contributed by atoms with Crippen molar-refractivity contribution < 1.29 is 14.7 Å². The third kappa shape index (κ3) is 5.50. The van der Waals surface area contributed by atoms with E-state index in [4.69, 9.17) is 5.11 Å². The van der Waals surface area contributed by atoms with E-state index in [1.807, 2.05) is 19.1 Å². The van der Waals surface area contributed by atoms with Crippen LogP contribution in [0.3, 0.4) is 0 Å². The molecule has 1 heterocycles. The van der Waals surface area contributed by atoms with Gasteiger partial charge in [0.25, 0.3) is 0 Å². The van der Waals surface area contributed by atoms with Crippen molar-refractivity contribution in [1.82, 2.24) is 15.6 Å². The maximum Gasteiger partial charge on any atom is 0.315 e. The first-order chi connectivity index (χ1) is 8.08. The van der Waals surface area contributed by atoms with Crippen LogP contribution < -0.4 is 10.6 Å². The molecule has 0 spiro atoms. The van der Waals surface area contributed by atoms with Gasteiger partial charge in [0.05, 0.1) is 6.42 Å². The second kappa shape index (κ2) is 6.47. The number of aliphatic carboxylic acids is 1. The molecular weight excluding hydrogens is 222 g/mol. The Morgan fingerprint density at radius 1 is 1.35 bits per heavy atom. The van der Waals surface area contributed by atoms with Gasteiger partial charge in [-0.25, -0.2) is 4.79 Å². The monoisotopic (exact) mass is 237 g/mol. The molecule has 0 aliphatic carbocycles. The van der Waals surface area contributed by atoms with E-state index in [9.17, 15) is 9.59 Å². The third-order valence-electron chi connectivity index (χ3n) is 2.05. The van der Waals surface area contributed by atoms with Crippen LogP contribution in [-0.4, -0.2) is 28.6 Å². The lowest BCUT2D eigenvalue weighted by atomic mass is 10.2. The summed E-state index contributed by atoms with van der Waals surface area (Å²) in [6, 6.07) is 3.35. The second-order valence-electron chi connectivity index (χ2n) is 3.56. The lowest BCUT2D eigenvalue weighted by Gasteiger charge is -2.06. The topological polar surface area (TPSA) is 91.3 Å². The van der Waals surface area contributed by atoms with Gasteiger partial charge in [-0.3, -0.25) is 9.78 Å². The predicted molar refractivity (Wildman–Crippen MR) is 61.5 cm³/mol. The Balaban J connectivity index is 2.23. The molecular formula is C11H15N3O3. The highest BCUT2D eigenvalue weighted by Gasteiger charge is 2.01. The van der Waals surface area contributed by atoms with E-state index in [0.29, 0.717) is 6.54 Å². The smallest absolute Gasteiger partial charge is 0.315 e. The van der Waals surface area contributed by atoms with Crippen LogP contribution >= 0.6 is 0 Å². The van der Waals surface area contributed by atoms with Gasteiger partial charge in [0, 0.05) is 25.0 Å². The lowest BCUT2D eigenvalue weighted by molar-refractivity contribution is -0.136. The number of pyridine rings is 1. The lowest BCUT2D eigenvalue weighted by Crippen LogP contribution is -2.36. The zero-order valence-corrected chi connectivity index (χ0v) is 9.56. The Morgan fingerprint density at radius 2 is 2.12 bits per heavy atom. The molecule has 0 radical (unpaired) electrons. The van der Waals surface area contributed by atoms with Crippen LogP contribution in [0.5, 0.6) is 0 Å². The molecule has 0 aromatic carbocycles. The number of urea groups is 1. The van der Waals surface area contributed by atoms with Crippen molar-refractivity contribution in [1.29, 1.82) is 0 Å². The summed E-state index contributed by atoms with van der Waals surface area (Å²) in [5, 5.41) is 13.4. The van der Waals surface area contributed by atoms with E-state index in [0.717, 1.165) is 11.3 Å². The second-order valence-corrected chi connectivity index (χ2v) is 3.56. The number of carbonyl (C=O) groups excluding carboxylic acids is 1. The molecule has 0 saturated carbocycles. The van der Waals surface area contributed by atoms with Gasteiger partial charge in [0.1, 0.15) is 0 Å². The largest absolute Gasteiger partial charge is 0.481 e. The average molecular weight is 237 g/mol. The first-order valence-electron chi connectivity index (χ1n) is 5.23. The van der Waals surface area contributed by atoms with Gasteiger partial charge in [0.15, 0.2) is 0 Å². The number of amides is 2. The standard InChI is InChI=1S/C11H15N3O3/c1-8-2-3-9(6-13-8)7-14-11(17)12-5-4-10(15)16/h2-3,6H,4-5,7H2,1H3,(H,15,16)(H2,12,14,17). The number of hydrogen-bond donors (Lipinski definition) is 3. The van der Waals surface area contributed by atoms with Gasteiger partial charge in [-0.15, -0.1) is 0 Å². The molecule has 0 fully saturated rings. The van der Waals surface area contributed by atoms with Crippen LogP contribution in [-0.2, 0) is 11.3 Å². The number of rotatable bonds is 5. The van der Waals surface area contributed by atoms with Crippen molar-refractivity contribution >= 4 is 12.0 Å². The van der Waals surface area contributed by atoms with Gasteiger partial charge < -0.3 is 15.7 Å². The maximum absolute atomic E-state index is 11.2. The highest BCUT2D eigenvalue weighted by molar-refractivity contribution is 5.74. The number of aromatic nitrogens is 1. The Bertz CT molecular complexity index is 389. The Kier molecular flexibility index (Phi) is 4.93. The van der Waals surface area contributed by atoms with Gasteiger partial charge in [-0.1, -0.05) is 6.07 Å². The van der Waals surface area contributed by atoms with E-state index < -0.39 is 5.97 Å².